The number of hydrogen-bond acceptors (Lipinski definition) is 4. The highest BCUT2D eigenvalue weighted by Crippen LogP contribution is 2.27. The van der Waals surface area contributed by atoms with Gasteiger partial charge in [-0.3, -0.25) is 9.59 Å². The molecule has 0 radical (unpaired) electrons. The highest BCUT2D eigenvalue weighted by molar-refractivity contribution is 6.39. The Bertz CT molecular complexity index is 749. The number of hydrogen-bond donors (Lipinski definition) is 3. The quantitative estimate of drug-likeness (QED) is 0.722. The molecule has 0 saturated heterocycles. The van der Waals surface area contributed by atoms with Gasteiger partial charge in [0.25, 0.3) is 0 Å². The topological polar surface area (TPSA) is 87.7 Å². The molecule has 7 heteroatoms. The first kappa shape index (κ1) is 17.8. The number of aliphatic hydroxyl groups excluding tert-OH is 1. The van der Waals surface area contributed by atoms with Crippen LogP contribution in [0.1, 0.15) is 11.1 Å². The van der Waals surface area contributed by atoms with Crippen LogP contribution in [-0.2, 0) is 22.7 Å². The first-order valence-corrected chi connectivity index (χ1v) is 7.53. The zero-order valence-corrected chi connectivity index (χ0v) is 13.8. The summed E-state index contributed by atoms with van der Waals surface area (Å²) in [5.74, 6) is -1.12. The molecular formula is C17H17ClN2O4. The molecule has 0 unspecified atom stereocenters. The van der Waals surface area contributed by atoms with Crippen molar-refractivity contribution in [1.82, 2.24) is 5.32 Å². The van der Waals surface area contributed by atoms with Crippen molar-refractivity contribution >= 4 is 29.1 Å². The van der Waals surface area contributed by atoms with E-state index in [2.05, 4.69) is 10.6 Å². The standard InChI is InChI=1S/C17H17ClN2O4/c1-24-15-7-6-13(8-14(15)18)20-17(23)16(22)19-9-11-4-2-3-5-12(11)10-21/h2-8,21H,9-10H2,1H3,(H,19,22)(H,20,23). The number of methoxy groups -OCH3 is 1. The van der Waals surface area contributed by atoms with Gasteiger partial charge in [0.1, 0.15) is 5.75 Å². The summed E-state index contributed by atoms with van der Waals surface area (Å²) in [6.45, 7) is 0.00887. The van der Waals surface area contributed by atoms with Crippen LogP contribution in [0.15, 0.2) is 42.5 Å². The number of ether oxygens (including phenoxy) is 1. The van der Waals surface area contributed by atoms with Crippen LogP contribution in [0.5, 0.6) is 5.75 Å². The molecule has 0 spiro atoms. The molecule has 0 bridgehead atoms. The number of amides is 2. The van der Waals surface area contributed by atoms with E-state index in [-0.39, 0.29) is 13.2 Å². The van der Waals surface area contributed by atoms with Gasteiger partial charge in [-0.1, -0.05) is 35.9 Å². The summed E-state index contributed by atoms with van der Waals surface area (Å²) in [7, 11) is 1.48. The molecule has 3 N–H and O–H groups in total. The van der Waals surface area contributed by atoms with Crippen LogP contribution in [0.25, 0.3) is 0 Å². The van der Waals surface area contributed by atoms with Crippen molar-refractivity contribution in [3.8, 4) is 5.75 Å². The third kappa shape index (κ3) is 4.47. The second-order valence-corrected chi connectivity index (χ2v) is 5.32. The molecule has 126 valence electrons. The third-order valence-corrected chi connectivity index (χ3v) is 3.64. The average Bonchev–Trinajstić information content (AvgIpc) is 2.60. The number of nitrogens with one attached hydrogen (secondary N) is 2. The largest absolute Gasteiger partial charge is 0.495 e. The molecule has 2 rings (SSSR count). The van der Waals surface area contributed by atoms with Crippen LogP contribution >= 0.6 is 11.6 Å². The fourth-order valence-corrected chi connectivity index (χ4v) is 2.33. The fourth-order valence-electron chi connectivity index (χ4n) is 2.07. The number of benzene rings is 2. The maximum Gasteiger partial charge on any atom is 0.313 e. The Labute approximate surface area is 144 Å². The Balaban J connectivity index is 1.95. The minimum atomic E-state index is -0.808. The highest BCUT2D eigenvalue weighted by atomic mass is 35.5. The Kier molecular flexibility index (Phi) is 6.17. The van der Waals surface area contributed by atoms with Gasteiger partial charge in [-0.15, -0.1) is 0 Å². The van der Waals surface area contributed by atoms with Crippen molar-refractivity contribution in [2.24, 2.45) is 0 Å². The van der Waals surface area contributed by atoms with Gasteiger partial charge in [0.2, 0.25) is 0 Å². The first-order valence-electron chi connectivity index (χ1n) is 7.15. The zero-order valence-electron chi connectivity index (χ0n) is 13.0. The minimum absolute atomic E-state index is 0.136. The van der Waals surface area contributed by atoms with Crippen LogP contribution in [0, 0.1) is 0 Å². The summed E-state index contributed by atoms with van der Waals surface area (Å²) < 4.78 is 5.02. The van der Waals surface area contributed by atoms with Gasteiger partial charge in [-0.2, -0.15) is 0 Å². The van der Waals surface area contributed by atoms with E-state index in [1.807, 2.05) is 0 Å². The van der Waals surface area contributed by atoms with Crippen LogP contribution in [0.2, 0.25) is 5.02 Å². The van der Waals surface area contributed by atoms with Crippen LogP contribution in [0.3, 0.4) is 0 Å². The molecule has 0 saturated carbocycles. The first-order chi connectivity index (χ1) is 11.5. The van der Waals surface area contributed by atoms with Crippen molar-refractivity contribution in [1.29, 1.82) is 0 Å². The molecule has 2 aromatic carbocycles. The molecule has 0 heterocycles. The summed E-state index contributed by atoms with van der Waals surface area (Å²) in [5, 5.41) is 14.5. The molecule has 0 aliphatic heterocycles. The van der Waals surface area contributed by atoms with Gasteiger partial charge >= 0.3 is 11.8 Å². The average molecular weight is 349 g/mol. The number of carbonyl (C=O) groups excluding carboxylic acids is 2. The Morgan fingerprint density at radius 3 is 2.46 bits per heavy atom. The number of carbonyl (C=O) groups is 2. The SMILES string of the molecule is COc1ccc(NC(=O)C(=O)NCc2ccccc2CO)cc1Cl. The lowest BCUT2D eigenvalue weighted by molar-refractivity contribution is -0.136. The lowest BCUT2D eigenvalue weighted by atomic mass is 10.1. The second-order valence-electron chi connectivity index (χ2n) is 4.91. The fraction of sp³-hybridized carbons (Fsp3) is 0.176. The predicted octanol–water partition coefficient (Wildman–Crippen LogP) is 2.10. The molecular weight excluding hydrogens is 332 g/mol. The van der Waals surface area contributed by atoms with E-state index in [0.29, 0.717) is 22.0 Å². The van der Waals surface area contributed by atoms with E-state index in [1.165, 1.54) is 13.2 Å². The van der Waals surface area contributed by atoms with Crippen LogP contribution in [-0.4, -0.2) is 24.0 Å². The normalized spacial score (nSPS) is 10.1. The monoisotopic (exact) mass is 348 g/mol. The number of aliphatic hydroxyl groups is 1. The maximum atomic E-state index is 11.9. The van der Waals surface area contributed by atoms with E-state index in [9.17, 15) is 14.7 Å². The molecule has 0 fully saturated rings. The molecule has 24 heavy (non-hydrogen) atoms. The number of anilines is 1. The summed E-state index contributed by atoms with van der Waals surface area (Å²) in [5.41, 5.74) is 1.82. The lowest BCUT2D eigenvalue weighted by Gasteiger charge is -2.10. The van der Waals surface area contributed by atoms with E-state index in [0.717, 1.165) is 5.56 Å². The Hall–Kier alpha value is -2.57. The minimum Gasteiger partial charge on any atom is -0.495 e. The van der Waals surface area contributed by atoms with E-state index < -0.39 is 11.8 Å². The Morgan fingerprint density at radius 1 is 1.12 bits per heavy atom. The zero-order chi connectivity index (χ0) is 17.5. The van der Waals surface area contributed by atoms with Crippen molar-refractivity contribution < 1.29 is 19.4 Å². The smallest absolute Gasteiger partial charge is 0.313 e. The van der Waals surface area contributed by atoms with Gasteiger partial charge in [0.05, 0.1) is 18.7 Å². The number of rotatable bonds is 5. The highest BCUT2D eigenvalue weighted by Gasteiger charge is 2.14. The lowest BCUT2D eigenvalue weighted by Crippen LogP contribution is -2.35. The summed E-state index contributed by atoms with van der Waals surface area (Å²) >= 11 is 5.97. The van der Waals surface area contributed by atoms with Gasteiger partial charge < -0.3 is 20.5 Å². The van der Waals surface area contributed by atoms with Gasteiger partial charge in [-0.05, 0) is 29.3 Å². The third-order valence-electron chi connectivity index (χ3n) is 3.34. The van der Waals surface area contributed by atoms with Gasteiger partial charge in [0, 0.05) is 12.2 Å². The van der Waals surface area contributed by atoms with Crippen LogP contribution in [0.4, 0.5) is 5.69 Å². The summed E-state index contributed by atoms with van der Waals surface area (Å²) in [6, 6.07) is 11.8. The summed E-state index contributed by atoms with van der Waals surface area (Å²) in [6.07, 6.45) is 0. The van der Waals surface area contributed by atoms with Gasteiger partial charge in [0.15, 0.2) is 0 Å². The Morgan fingerprint density at radius 2 is 1.83 bits per heavy atom. The molecule has 0 aromatic heterocycles. The molecule has 0 aliphatic rings. The molecule has 2 amide bonds. The molecule has 2 aromatic rings. The van der Waals surface area contributed by atoms with E-state index >= 15 is 0 Å². The number of halogens is 1. The van der Waals surface area contributed by atoms with Crippen LogP contribution < -0.4 is 15.4 Å². The van der Waals surface area contributed by atoms with Crippen molar-refractivity contribution in [3.05, 3.63) is 58.6 Å². The maximum absolute atomic E-state index is 11.9. The van der Waals surface area contributed by atoms with Gasteiger partial charge in [-0.25, -0.2) is 0 Å². The second kappa shape index (κ2) is 8.33. The molecule has 6 nitrogen and oxygen atoms in total. The summed E-state index contributed by atoms with van der Waals surface area (Å²) in [4.78, 5) is 23.8. The van der Waals surface area contributed by atoms with Crippen molar-refractivity contribution in [2.45, 2.75) is 13.2 Å². The van der Waals surface area contributed by atoms with Crippen molar-refractivity contribution in [3.63, 3.8) is 0 Å². The van der Waals surface area contributed by atoms with Crippen molar-refractivity contribution in [2.75, 3.05) is 12.4 Å². The van der Waals surface area contributed by atoms with E-state index in [1.54, 1.807) is 36.4 Å². The predicted molar refractivity (Wildman–Crippen MR) is 90.8 cm³/mol. The van der Waals surface area contributed by atoms with E-state index in [4.69, 9.17) is 16.3 Å². The molecule has 0 aliphatic carbocycles. The molecule has 0 atom stereocenters.